The van der Waals surface area contributed by atoms with Crippen LogP contribution in [-0.4, -0.2) is 30.9 Å². The van der Waals surface area contributed by atoms with Crippen molar-refractivity contribution in [3.05, 3.63) is 46.8 Å². The van der Waals surface area contributed by atoms with Gasteiger partial charge >= 0.3 is 0 Å². The van der Waals surface area contributed by atoms with Gasteiger partial charge in [0.15, 0.2) is 16.3 Å². The Labute approximate surface area is 165 Å². The molecule has 0 atom stereocenters. The average Bonchev–Trinajstić information content (AvgIpc) is 3.03. The molecule has 0 aliphatic heterocycles. The minimum atomic E-state index is -0.304. The molecule has 3 aromatic rings. The number of ether oxygens (including phenoxy) is 2. The molecule has 138 valence electrons. The van der Waals surface area contributed by atoms with Gasteiger partial charge in [0.05, 0.1) is 31.0 Å². The predicted octanol–water partition coefficient (Wildman–Crippen LogP) is 3.82. The maximum Gasteiger partial charge on any atom is 0.279 e. The Morgan fingerprint density at radius 3 is 2.67 bits per heavy atom. The molecule has 1 amide bonds. The fourth-order valence-electron chi connectivity index (χ4n) is 2.63. The molecular weight excluding hydrogens is 380 g/mol. The van der Waals surface area contributed by atoms with Crippen LogP contribution in [0.5, 0.6) is 11.5 Å². The minimum Gasteiger partial charge on any atom is -0.493 e. The first-order chi connectivity index (χ1) is 13.1. The number of fused-ring (bicyclic) bond motifs is 1. The largest absolute Gasteiger partial charge is 0.493 e. The molecule has 0 aliphatic carbocycles. The van der Waals surface area contributed by atoms with Gasteiger partial charge in [0.1, 0.15) is 0 Å². The fourth-order valence-corrected chi connectivity index (χ4v) is 4.13. The highest BCUT2D eigenvalue weighted by Gasteiger charge is 2.13. The van der Waals surface area contributed by atoms with E-state index in [1.54, 1.807) is 32.0 Å². The van der Waals surface area contributed by atoms with Crippen LogP contribution in [0.15, 0.2) is 46.3 Å². The molecule has 27 heavy (non-hydrogen) atoms. The van der Waals surface area contributed by atoms with Crippen molar-refractivity contribution in [3.8, 4) is 23.8 Å². The van der Waals surface area contributed by atoms with Crippen LogP contribution in [-0.2, 0) is 6.54 Å². The summed E-state index contributed by atoms with van der Waals surface area (Å²) in [6.45, 7) is 0.298. The molecule has 0 spiro atoms. The number of carbonyl (C=O) groups excluding carboxylic acids is 1. The number of nitrogens with zero attached hydrogens (tertiary/aromatic N) is 2. The van der Waals surface area contributed by atoms with Gasteiger partial charge in [-0.05, 0) is 24.5 Å². The molecule has 0 saturated carbocycles. The Morgan fingerprint density at radius 2 is 2.00 bits per heavy atom. The van der Waals surface area contributed by atoms with Gasteiger partial charge in [-0.25, -0.2) is 0 Å². The lowest BCUT2D eigenvalue weighted by Crippen LogP contribution is -2.16. The lowest BCUT2D eigenvalue weighted by molar-refractivity contribution is 0.0997. The number of thiazole rings is 1. The van der Waals surface area contributed by atoms with Crippen LogP contribution in [0.25, 0.3) is 10.2 Å². The normalized spacial score (nSPS) is 11.4. The van der Waals surface area contributed by atoms with E-state index in [9.17, 15) is 4.79 Å². The predicted molar refractivity (Wildman–Crippen MR) is 110 cm³/mol. The third kappa shape index (κ3) is 3.87. The molecule has 0 N–H and O–H groups in total. The topological polar surface area (TPSA) is 52.8 Å². The lowest BCUT2D eigenvalue weighted by Gasteiger charge is -2.08. The lowest BCUT2D eigenvalue weighted by atomic mass is 10.2. The number of carbonyl (C=O) groups is 1. The minimum absolute atomic E-state index is 0.298. The molecule has 5 nitrogen and oxygen atoms in total. The van der Waals surface area contributed by atoms with Crippen molar-refractivity contribution in [2.75, 3.05) is 20.5 Å². The van der Waals surface area contributed by atoms with E-state index in [2.05, 4.69) is 10.9 Å². The molecule has 3 rings (SSSR count). The smallest absolute Gasteiger partial charge is 0.279 e. The van der Waals surface area contributed by atoms with E-state index < -0.39 is 0 Å². The number of hydrogen-bond acceptors (Lipinski definition) is 5. The standard InChI is InChI=1S/C20H18N2O3S2/c1-5-9-22-15-11-16(24-2)17(25-3)12-18(15)27-20(22)21-19(23)13-7-6-8-14(10-13)26-4/h1,6-8,10-12H,9H2,2-4H3. The Hall–Kier alpha value is -2.69. The summed E-state index contributed by atoms with van der Waals surface area (Å²) in [6, 6.07) is 11.1. The Bertz CT molecular complexity index is 1110. The van der Waals surface area contributed by atoms with Crippen LogP contribution in [0.4, 0.5) is 0 Å². The summed E-state index contributed by atoms with van der Waals surface area (Å²) in [7, 11) is 3.16. The molecule has 0 unspecified atom stereocenters. The molecular formula is C20H18N2O3S2. The zero-order valence-electron chi connectivity index (χ0n) is 15.2. The number of rotatable bonds is 5. The van der Waals surface area contributed by atoms with Gasteiger partial charge in [0.2, 0.25) is 0 Å². The second-order valence-corrected chi connectivity index (χ2v) is 7.39. The SMILES string of the molecule is C#CCn1c(=NC(=O)c2cccc(SC)c2)sc2cc(OC)c(OC)cc21. The maximum absolute atomic E-state index is 12.7. The van der Waals surface area contributed by atoms with Gasteiger partial charge in [0, 0.05) is 22.6 Å². The van der Waals surface area contributed by atoms with Gasteiger partial charge in [-0.2, -0.15) is 4.99 Å². The van der Waals surface area contributed by atoms with Crippen LogP contribution >= 0.6 is 23.1 Å². The molecule has 2 aromatic carbocycles. The van der Waals surface area contributed by atoms with Crippen LogP contribution in [0.3, 0.4) is 0 Å². The van der Waals surface area contributed by atoms with E-state index >= 15 is 0 Å². The van der Waals surface area contributed by atoms with Crippen molar-refractivity contribution in [3.63, 3.8) is 0 Å². The van der Waals surface area contributed by atoms with Gasteiger partial charge in [-0.3, -0.25) is 4.79 Å². The van der Waals surface area contributed by atoms with Crippen molar-refractivity contribution in [1.82, 2.24) is 4.57 Å². The number of benzene rings is 2. The molecule has 0 bridgehead atoms. The zero-order chi connectivity index (χ0) is 19.4. The van der Waals surface area contributed by atoms with Crippen LogP contribution in [0.2, 0.25) is 0 Å². The number of terminal acetylenes is 1. The quantitative estimate of drug-likeness (QED) is 0.484. The highest BCUT2D eigenvalue weighted by Crippen LogP contribution is 2.33. The monoisotopic (exact) mass is 398 g/mol. The van der Waals surface area contributed by atoms with Crippen LogP contribution in [0, 0.1) is 12.3 Å². The summed E-state index contributed by atoms with van der Waals surface area (Å²) in [5.41, 5.74) is 1.39. The van der Waals surface area contributed by atoms with Gasteiger partial charge in [0.25, 0.3) is 5.91 Å². The molecule has 1 heterocycles. The molecule has 7 heteroatoms. The van der Waals surface area contributed by atoms with E-state index in [0.29, 0.717) is 28.4 Å². The van der Waals surface area contributed by atoms with Crippen molar-refractivity contribution < 1.29 is 14.3 Å². The second kappa shape index (κ2) is 8.33. The summed E-state index contributed by atoms with van der Waals surface area (Å²) in [6.07, 6.45) is 7.50. The molecule has 0 saturated heterocycles. The van der Waals surface area contributed by atoms with E-state index in [1.165, 1.54) is 11.3 Å². The Balaban J connectivity index is 2.17. The van der Waals surface area contributed by atoms with Crippen molar-refractivity contribution in [2.24, 2.45) is 4.99 Å². The number of aromatic nitrogens is 1. The van der Waals surface area contributed by atoms with Gasteiger partial charge in [-0.1, -0.05) is 23.3 Å². The van der Waals surface area contributed by atoms with Crippen molar-refractivity contribution in [1.29, 1.82) is 0 Å². The summed E-state index contributed by atoms with van der Waals surface area (Å²) in [5, 5.41) is 0. The third-order valence-corrected chi connectivity index (χ3v) is 5.72. The van der Waals surface area contributed by atoms with Crippen LogP contribution < -0.4 is 14.3 Å². The number of methoxy groups -OCH3 is 2. The third-order valence-electron chi connectivity index (χ3n) is 3.95. The maximum atomic E-state index is 12.7. The number of thioether (sulfide) groups is 1. The first-order valence-corrected chi connectivity index (χ1v) is 10.1. The fraction of sp³-hybridized carbons (Fsp3) is 0.200. The zero-order valence-corrected chi connectivity index (χ0v) is 16.8. The Morgan fingerprint density at radius 1 is 1.26 bits per heavy atom. The van der Waals surface area contributed by atoms with E-state index in [4.69, 9.17) is 15.9 Å². The highest BCUT2D eigenvalue weighted by molar-refractivity contribution is 7.98. The molecule has 1 aromatic heterocycles. The second-order valence-electron chi connectivity index (χ2n) is 5.50. The summed E-state index contributed by atoms with van der Waals surface area (Å²) in [5.74, 6) is 3.53. The summed E-state index contributed by atoms with van der Waals surface area (Å²) >= 11 is 2.96. The molecule has 0 radical (unpaired) electrons. The van der Waals surface area contributed by atoms with E-state index in [0.717, 1.165) is 15.1 Å². The average molecular weight is 399 g/mol. The van der Waals surface area contributed by atoms with Crippen LogP contribution in [0.1, 0.15) is 10.4 Å². The molecule has 0 aliphatic rings. The summed E-state index contributed by atoms with van der Waals surface area (Å²) in [4.78, 5) is 18.6. The van der Waals surface area contributed by atoms with E-state index in [1.807, 2.05) is 41.2 Å². The molecule has 0 fully saturated rings. The van der Waals surface area contributed by atoms with Crippen molar-refractivity contribution >= 4 is 39.2 Å². The summed E-state index contributed by atoms with van der Waals surface area (Å²) < 4.78 is 13.5. The highest BCUT2D eigenvalue weighted by atomic mass is 32.2. The number of amides is 1. The van der Waals surface area contributed by atoms with Gasteiger partial charge < -0.3 is 14.0 Å². The van der Waals surface area contributed by atoms with Crippen molar-refractivity contribution in [2.45, 2.75) is 11.4 Å². The first kappa shape index (κ1) is 19.1. The Kier molecular flexibility index (Phi) is 5.89. The number of hydrogen-bond donors (Lipinski definition) is 0. The van der Waals surface area contributed by atoms with Gasteiger partial charge in [-0.15, -0.1) is 18.2 Å². The van der Waals surface area contributed by atoms with E-state index in [-0.39, 0.29) is 5.91 Å². The first-order valence-electron chi connectivity index (χ1n) is 8.03.